The van der Waals surface area contributed by atoms with Crippen LogP contribution in [0.15, 0.2) is 30.3 Å². The van der Waals surface area contributed by atoms with Crippen molar-refractivity contribution in [1.82, 2.24) is 0 Å². The molecule has 0 bridgehead atoms. The summed E-state index contributed by atoms with van der Waals surface area (Å²) in [5.41, 5.74) is 11.2. The molecule has 1 aromatic rings. The van der Waals surface area contributed by atoms with Gasteiger partial charge in [-0.25, -0.2) is 0 Å². The molecule has 1 rings (SSSR count). The molecule has 0 spiro atoms. The summed E-state index contributed by atoms with van der Waals surface area (Å²) in [5.74, 6) is -1.30. The van der Waals surface area contributed by atoms with Crippen LogP contribution in [0.4, 0.5) is 0 Å². The van der Waals surface area contributed by atoms with E-state index in [4.69, 9.17) is 16.6 Å². The fraction of sp³-hybridized carbons (Fsp3) is 0.385. The van der Waals surface area contributed by atoms with E-state index in [-0.39, 0.29) is 12.5 Å². The SMILES string of the molecule is CCOC(=O)CN.N[C@@H](Cc1ccccc1)C(=O)O. The van der Waals surface area contributed by atoms with Gasteiger partial charge in [0.25, 0.3) is 0 Å². The molecule has 0 saturated heterocycles. The number of carbonyl (C=O) groups excluding carboxylic acids is 1. The number of ether oxygens (including phenoxy) is 1. The van der Waals surface area contributed by atoms with Crippen LogP contribution in [0.1, 0.15) is 12.5 Å². The van der Waals surface area contributed by atoms with E-state index in [1.807, 2.05) is 30.3 Å². The molecule has 0 fully saturated rings. The lowest BCUT2D eigenvalue weighted by Gasteiger charge is -2.04. The number of carbonyl (C=O) groups is 2. The number of esters is 1. The Labute approximate surface area is 112 Å². The molecule has 0 heterocycles. The van der Waals surface area contributed by atoms with Gasteiger partial charge in [-0.15, -0.1) is 0 Å². The van der Waals surface area contributed by atoms with Crippen molar-refractivity contribution in [1.29, 1.82) is 0 Å². The molecule has 0 saturated carbocycles. The maximum atomic E-state index is 10.4. The van der Waals surface area contributed by atoms with Crippen LogP contribution in [-0.2, 0) is 20.7 Å². The van der Waals surface area contributed by atoms with Crippen molar-refractivity contribution in [3.63, 3.8) is 0 Å². The highest BCUT2D eigenvalue weighted by molar-refractivity contribution is 5.73. The monoisotopic (exact) mass is 268 g/mol. The van der Waals surface area contributed by atoms with Gasteiger partial charge < -0.3 is 21.3 Å². The van der Waals surface area contributed by atoms with Gasteiger partial charge in [0.15, 0.2) is 0 Å². The Kier molecular flexibility index (Phi) is 9.03. The summed E-state index contributed by atoms with van der Waals surface area (Å²) in [5, 5.41) is 8.52. The second kappa shape index (κ2) is 10.0. The highest BCUT2D eigenvalue weighted by Crippen LogP contribution is 2.01. The highest BCUT2D eigenvalue weighted by atomic mass is 16.5. The molecule has 0 aliphatic rings. The number of benzene rings is 1. The Bertz CT molecular complexity index is 381. The number of hydrogen-bond donors (Lipinski definition) is 3. The fourth-order valence-electron chi connectivity index (χ4n) is 1.18. The van der Waals surface area contributed by atoms with Gasteiger partial charge in [0.2, 0.25) is 0 Å². The van der Waals surface area contributed by atoms with Gasteiger partial charge in [-0.1, -0.05) is 30.3 Å². The molecule has 6 heteroatoms. The number of carboxylic acid groups (broad SMARTS) is 1. The van der Waals surface area contributed by atoms with Crippen molar-refractivity contribution in [2.24, 2.45) is 11.5 Å². The summed E-state index contributed by atoms with van der Waals surface area (Å²) >= 11 is 0. The van der Waals surface area contributed by atoms with Gasteiger partial charge in [0.05, 0.1) is 13.2 Å². The van der Waals surface area contributed by atoms with Crippen LogP contribution in [0.3, 0.4) is 0 Å². The number of carboxylic acids is 1. The second-order valence-electron chi connectivity index (χ2n) is 3.64. The minimum Gasteiger partial charge on any atom is -0.480 e. The number of nitrogens with two attached hydrogens (primary N) is 2. The number of rotatable bonds is 5. The van der Waals surface area contributed by atoms with E-state index >= 15 is 0 Å². The van der Waals surface area contributed by atoms with Crippen LogP contribution in [0, 0.1) is 0 Å². The number of hydrogen-bond acceptors (Lipinski definition) is 5. The van der Waals surface area contributed by atoms with Gasteiger partial charge >= 0.3 is 11.9 Å². The van der Waals surface area contributed by atoms with Crippen LogP contribution in [-0.4, -0.2) is 36.2 Å². The third kappa shape index (κ3) is 8.76. The fourth-order valence-corrected chi connectivity index (χ4v) is 1.18. The molecule has 0 aliphatic heterocycles. The predicted molar refractivity (Wildman–Crippen MR) is 71.4 cm³/mol. The summed E-state index contributed by atoms with van der Waals surface area (Å²) in [7, 11) is 0. The lowest BCUT2D eigenvalue weighted by Crippen LogP contribution is -2.32. The van der Waals surface area contributed by atoms with Crippen molar-refractivity contribution >= 4 is 11.9 Å². The van der Waals surface area contributed by atoms with E-state index in [1.54, 1.807) is 6.92 Å². The Balaban J connectivity index is 0.000000399. The van der Waals surface area contributed by atoms with Gasteiger partial charge in [-0.05, 0) is 18.9 Å². The summed E-state index contributed by atoms with van der Waals surface area (Å²) < 4.78 is 4.43. The Morgan fingerprint density at radius 1 is 1.32 bits per heavy atom. The zero-order valence-corrected chi connectivity index (χ0v) is 10.9. The van der Waals surface area contributed by atoms with Crippen LogP contribution >= 0.6 is 0 Å². The second-order valence-corrected chi connectivity index (χ2v) is 3.64. The molecule has 6 nitrogen and oxygen atoms in total. The maximum Gasteiger partial charge on any atom is 0.320 e. The molecule has 0 unspecified atom stereocenters. The van der Waals surface area contributed by atoms with Gasteiger partial charge in [-0.3, -0.25) is 9.59 Å². The van der Waals surface area contributed by atoms with E-state index in [0.29, 0.717) is 13.0 Å². The molecule has 0 amide bonds. The van der Waals surface area contributed by atoms with E-state index in [0.717, 1.165) is 5.56 Å². The van der Waals surface area contributed by atoms with Crippen LogP contribution < -0.4 is 11.5 Å². The highest BCUT2D eigenvalue weighted by Gasteiger charge is 2.10. The van der Waals surface area contributed by atoms with E-state index in [9.17, 15) is 9.59 Å². The number of aliphatic carboxylic acids is 1. The zero-order valence-electron chi connectivity index (χ0n) is 10.9. The van der Waals surface area contributed by atoms with Crippen molar-refractivity contribution in [2.45, 2.75) is 19.4 Å². The average molecular weight is 268 g/mol. The minimum absolute atomic E-state index is 0.0200. The standard InChI is InChI=1S/C9H11NO2.C4H9NO2/c10-8(9(11)12)6-7-4-2-1-3-5-7;1-2-7-4(6)3-5/h1-5,8H,6,10H2,(H,11,12);2-3,5H2,1H3/t8-;/m0./s1. The average Bonchev–Trinajstić information content (AvgIpc) is 2.40. The Morgan fingerprint density at radius 3 is 2.26 bits per heavy atom. The third-order valence-corrected chi connectivity index (χ3v) is 2.09. The van der Waals surface area contributed by atoms with Crippen molar-refractivity contribution in [2.75, 3.05) is 13.2 Å². The van der Waals surface area contributed by atoms with E-state index < -0.39 is 12.0 Å². The largest absolute Gasteiger partial charge is 0.480 e. The molecule has 5 N–H and O–H groups in total. The smallest absolute Gasteiger partial charge is 0.320 e. The Morgan fingerprint density at radius 2 is 1.89 bits per heavy atom. The Hall–Kier alpha value is -1.92. The lowest BCUT2D eigenvalue weighted by atomic mass is 10.1. The first-order chi connectivity index (χ1) is 9.01. The van der Waals surface area contributed by atoms with E-state index in [1.165, 1.54) is 0 Å². The van der Waals surface area contributed by atoms with Crippen molar-refractivity contribution < 1.29 is 19.4 Å². The minimum atomic E-state index is -0.959. The van der Waals surface area contributed by atoms with Crippen molar-refractivity contribution in [3.8, 4) is 0 Å². The lowest BCUT2D eigenvalue weighted by molar-refractivity contribution is -0.141. The van der Waals surface area contributed by atoms with Crippen molar-refractivity contribution in [3.05, 3.63) is 35.9 Å². The first-order valence-corrected chi connectivity index (χ1v) is 5.89. The molecular formula is C13H20N2O4. The predicted octanol–water partition coefficient (Wildman–Crippen LogP) is 0.149. The normalized spacial score (nSPS) is 10.9. The van der Waals surface area contributed by atoms with Gasteiger partial charge in [-0.2, -0.15) is 0 Å². The first-order valence-electron chi connectivity index (χ1n) is 5.89. The molecule has 19 heavy (non-hydrogen) atoms. The molecule has 0 aromatic heterocycles. The third-order valence-electron chi connectivity index (χ3n) is 2.09. The summed E-state index contributed by atoms with van der Waals surface area (Å²) in [4.78, 5) is 20.4. The zero-order chi connectivity index (χ0) is 14.7. The molecule has 1 atom stereocenters. The summed E-state index contributed by atoms with van der Waals surface area (Å²) in [6.07, 6.45) is 0.385. The topological polar surface area (TPSA) is 116 Å². The molecule has 1 aromatic carbocycles. The van der Waals surface area contributed by atoms with Crippen LogP contribution in [0.2, 0.25) is 0 Å². The summed E-state index contributed by atoms with van der Waals surface area (Å²) in [6.45, 7) is 2.14. The van der Waals surface area contributed by atoms with Crippen LogP contribution in [0.25, 0.3) is 0 Å². The first kappa shape index (κ1) is 17.1. The van der Waals surface area contributed by atoms with Gasteiger partial charge in [0.1, 0.15) is 6.04 Å². The molecule has 106 valence electrons. The molecule has 0 aliphatic carbocycles. The van der Waals surface area contributed by atoms with Crippen LogP contribution in [0.5, 0.6) is 0 Å². The van der Waals surface area contributed by atoms with E-state index in [2.05, 4.69) is 4.74 Å². The summed E-state index contributed by atoms with van der Waals surface area (Å²) in [6, 6.07) is 8.54. The maximum absolute atomic E-state index is 10.4. The van der Waals surface area contributed by atoms with Gasteiger partial charge in [0, 0.05) is 0 Å². The quantitative estimate of drug-likeness (QED) is 0.655. The molecule has 0 radical (unpaired) electrons. The molecular weight excluding hydrogens is 248 g/mol.